The molecule has 5 heteroatoms. The van der Waals surface area contributed by atoms with Gasteiger partial charge in [-0.2, -0.15) is 0 Å². The van der Waals surface area contributed by atoms with E-state index in [2.05, 4.69) is 10.6 Å². The molecule has 0 radical (unpaired) electrons. The Kier molecular flexibility index (Phi) is 5.17. The number of benzene rings is 2. The van der Waals surface area contributed by atoms with Gasteiger partial charge in [-0.15, -0.1) is 0 Å². The average Bonchev–Trinajstić information content (AvgIpc) is 2.45. The number of rotatable bonds is 4. The third kappa shape index (κ3) is 4.60. The Bertz CT molecular complexity index is 696. The zero-order valence-corrected chi connectivity index (χ0v) is 13.2. The molecular formula is C17H17ClN2O2. The summed E-state index contributed by atoms with van der Waals surface area (Å²) in [4.78, 5) is 23.7. The van der Waals surface area contributed by atoms with Gasteiger partial charge in [-0.1, -0.05) is 17.7 Å². The van der Waals surface area contributed by atoms with E-state index in [1.807, 2.05) is 32.0 Å². The summed E-state index contributed by atoms with van der Waals surface area (Å²) in [6, 6.07) is 12.3. The fourth-order valence-electron chi connectivity index (χ4n) is 1.91. The van der Waals surface area contributed by atoms with Crippen LogP contribution in [0.25, 0.3) is 0 Å². The Hall–Kier alpha value is -2.33. The SMILES string of the molecule is Cc1ccc(NC(=O)CC(=O)Nc2ccc(Cl)cc2)cc1C. The molecule has 2 aromatic carbocycles. The molecule has 0 unspecified atom stereocenters. The number of carbonyl (C=O) groups excluding carboxylic acids is 2. The summed E-state index contributed by atoms with van der Waals surface area (Å²) < 4.78 is 0. The van der Waals surface area contributed by atoms with Gasteiger partial charge in [0, 0.05) is 16.4 Å². The summed E-state index contributed by atoms with van der Waals surface area (Å²) in [5.41, 5.74) is 3.53. The van der Waals surface area contributed by atoms with Crippen molar-refractivity contribution >= 4 is 34.8 Å². The van der Waals surface area contributed by atoms with Gasteiger partial charge in [-0.25, -0.2) is 0 Å². The van der Waals surface area contributed by atoms with Crippen LogP contribution in [0.3, 0.4) is 0 Å². The molecule has 2 N–H and O–H groups in total. The molecule has 2 amide bonds. The third-order valence-electron chi connectivity index (χ3n) is 3.24. The van der Waals surface area contributed by atoms with E-state index in [1.54, 1.807) is 24.3 Å². The molecule has 4 nitrogen and oxygen atoms in total. The highest BCUT2D eigenvalue weighted by Crippen LogP contribution is 2.15. The van der Waals surface area contributed by atoms with Gasteiger partial charge in [-0.05, 0) is 61.4 Å². The normalized spacial score (nSPS) is 10.1. The molecule has 22 heavy (non-hydrogen) atoms. The van der Waals surface area contributed by atoms with Crippen molar-refractivity contribution in [2.45, 2.75) is 20.3 Å². The molecule has 114 valence electrons. The Balaban J connectivity index is 1.89. The first-order valence-corrected chi connectivity index (χ1v) is 7.24. The van der Waals surface area contributed by atoms with Crippen LogP contribution in [0.5, 0.6) is 0 Å². The number of anilines is 2. The fourth-order valence-corrected chi connectivity index (χ4v) is 2.03. The summed E-state index contributed by atoms with van der Waals surface area (Å²) in [6.45, 7) is 3.97. The summed E-state index contributed by atoms with van der Waals surface area (Å²) in [6.07, 6.45) is -0.241. The van der Waals surface area contributed by atoms with Crippen LogP contribution in [-0.4, -0.2) is 11.8 Å². The highest BCUT2D eigenvalue weighted by Gasteiger charge is 2.10. The van der Waals surface area contributed by atoms with E-state index >= 15 is 0 Å². The van der Waals surface area contributed by atoms with E-state index in [0.29, 0.717) is 16.4 Å². The van der Waals surface area contributed by atoms with Crippen molar-refractivity contribution < 1.29 is 9.59 Å². The number of carbonyl (C=O) groups is 2. The lowest BCUT2D eigenvalue weighted by atomic mass is 10.1. The van der Waals surface area contributed by atoms with Crippen molar-refractivity contribution in [2.24, 2.45) is 0 Å². The highest BCUT2D eigenvalue weighted by atomic mass is 35.5. The average molecular weight is 317 g/mol. The first kappa shape index (κ1) is 16.0. The van der Waals surface area contributed by atoms with Crippen LogP contribution in [0.2, 0.25) is 5.02 Å². The van der Waals surface area contributed by atoms with E-state index in [1.165, 1.54) is 0 Å². The molecule has 0 aliphatic carbocycles. The topological polar surface area (TPSA) is 58.2 Å². The summed E-state index contributed by atoms with van der Waals surface area (Å²) in [7, 11) is 0. The van der Waals surface area contributed by atoms with Crippen molar-refractivity contribution in [3.63, 3.8) is 0 Å². The molecule has 0 aliphatic rings. The molecule has 0 aliphatic heterocycles. The molecule has 2 aromatic rings. The van der Waals surface area contributed by atoms with Crippen molar-refractivity contribution in [1.29, 1.82) is 0 Å². The number of hydrogen-bond donors (Lipinski definition) is 2. The van der Waals surface area contributed by atoms with Crippen LogP contribution in [0.1, 0.15) is 17.5 Å². The summed E-state index contributed by atoms with van der Waals surface area (Å²) in [5.74, 6) is -0.724. The van der Waals surface area contributed by atoms with E-state index in [0.717, 1.165) is 11.1 Å². The van der Waals surface area contributed by atoms with Gasteiger partial charge in [0.2, 0.25) is 11.8 Å². The lowest BCUT2D eigenvalue weighted by molar-refractivity contribution is -0.123. The van der Waals surface area contributed by atoms with Crippen LogP contribution in [-0.2, 0) is 9.59 Å². The Morgan fingerprint density at radius 2 is 1.41 bits per heavy atom. The first-order chi connectivity index (χ1) is 10.4. The van der Waals surface area contributed by atoms with Crippen molar-refractivity contribution in [3.05, 3.63) is 58.6 Å². The van der Waals surface area contributed by atoms with E-state index in [9.17, 15) is 9.59 Å². The number of halogens is 1. The van der Waals surface area contributed by atoms with Gasteiger partial charge in [0.05, 0.1) is 0 Å². The third-order valence-corrected chi connectivity index (χ3v) is 3.49. The van der Waals surface area contributed by atoms with Crippen LogP contribution in [0.15, 0.2) is 42.5 Å². The minimum absolute atomic E-state index is 0.241. The maximum atomic E-state index is 11.9. The molecule has 0 saturated heterocycles. The molecule has 0 bridgehead atoms. The molecule has 0 saturated carbocycles. The van der Waals surface area contributed by atoms with E-state index in [4.69, 9.17) is 11.6 Å². The first-order valence-electron chi connectivity index (χ1n) is 6.86. The van der Waals surface area contributed by atoms with Gasteiger partial charge in [0.1, 0.15) is 6.42 Å². The fraction of sp³-hybridized carbons (Fsp3) is 0.176. The highest BCUT2D eigenvalue weighted by molar-refractivity contribution is 6.30. The number of amides is 2. The molecule has 0 spiro atoms. The van der Waals surface area contributed by atoms with Gasteiger partial charge < -0.3 is 10.6 Å². The molecular weight excluding hydrogens is 300 g/mol. The van der Waals surface area contributed by atoms with Crippen molar-refractivity contribution in [3.8, 4) is 0 Å². The second kappa shape index (κ2) is 7.09. The Morgan fingerprint density at radius 3 is 2.00 bits per heavy atom. The summed E-state index contributed by atoms with van der Waals surface area (Å²) in [5, 5.41) is 5.95. The van der Waals surface area contributed by atoms with E-state index in [-0.39, 0.29) is 18.2 Å². The predicted octanol–water partition coefficient (Wildman–Crippen LogP) is 3.92. The number of aryl methyl sites for hydroxylation is 2. The molecule has 0 heterocycles. The van der Waals surface area contributed by atoms with Crippen LogP contribution < -0.4 is 10.6 Å². The van der Waals surface area contributed by atoms with E-state index < -0.39 is 0 Å². The Labute approximate surface area is 134 Å². The van der Waals surface area contributed by atoms with Gasteiger partial charge >= 0.3 is 0 Å². The lowest BCUT2D eigenvalue weighted by Crippen LogP contribution is -2.21. The monoisotopic (exact) mass is 316 g/mol. The second-order valence-electron chi connectivity index (χ2n) is 5.08. The molecule has 0 aromatic heterocycles. The number of hydrogen-bond acceptors (Lipinski definition) is 2. The quantitative estimate of drug-likeness (QED) is 0.840. The predicted molar refractivity (Wildman–Crippen MR) is 89.2 cm³/mol. The number of nitrogens with one attached hydrogen (secondary N) is 2. The van der Waals surface area contributed by atoms with Crippen LogP contribution in [0, 0.1) is 13.8 Å². The van der Waals surface area contributed by atoms with Gasteiger partial charge in [0.15, 0.2) is 0 Å². The lowest BCUT2D eigenvalue weighted by Gasteiger charge is -2.08. The zero-order valence-electron chi connectivity index (χ0n) is 12.4. The van der Waals surface area contributed by atoms with Gasteiger partial charge in [-0.3, -0.25) is 9.59 Å². The molecule has 0 fully saturated rings. The van der Waals surface area contributed by atoms with Crippen LogP contribution >= 0.6 is 11.6 Å². The second-order valence-corrected chi connectivity index (χ2v) is 5.52. The van der Waals surface area contributed by atoms with Gasteiger partial charge in [0.25, 0.3) is 0 Å². The Morgan fingerprint density at radius 1 is 0.864 bits per heavy atom. The molecule has 2 rings (SSSR count). The van der Waals surface area contributed by atoms with Crippen molar-refractivity contribution in [1.82, 2.24) is 0 Å². The van der Waals surface area contributed by atoms with Crippen molar-refractivity contribution in [2.75, 3.05) is 10.6 Å². The standard InChI is InChI=1S/C17H17ClN2O2/c1-11-3-6-15(9-12(11)2)20-17(22)10-16(21)19-14-7-4-13(18)5-8-14/h3-9H,10H2,1-2H3,(H,19,21)(H,20,22). The largest absolute Gasteiger partial charge is 0.326 e. The smallest absolute Gasteiger partial charge is 0.233 e. The maximum Gasteiger partial charge on any atom is 0.233 e. The minimum Gasteiger partial charge on any atom is -0.326 e. The summed E-state index contributed by atoms with van der Waals surface area (Å²) >= 11 is 5.77. The molecule has 0 atom stereocenters. The maximum absolute atomic E-state index is 11.9. The van der Waals surface area contributed by atoms with Crippen LogP contribution in [0.4, 0.5) is 11.4 Å². The zero-order chi connectivity index (χ0) is 16.1. The minimum atomic E-state index is -0.372.